The van der Waals surface area contributed by atoms with Gasteiger partial charge in [0.05, 0.1) is 12.6 Å². The number of likely N-dealkylation sites (tertiary alicyclic amines) is 2. The maximum atomic E-state index is 13.0. The van der Waals surface area contributed by atoms with Crippen molar-refractivity contribution in [3.05, 3.63) is 0 Å². The van der Waals surface area contributed by atoms with Crippen LogP contribution in [0.25, 0.3) is 0 Å². The zero-order chi connectivity index (χ0) is 21.4. The second kappa shape index (κ2) is 10.7. The first-order valence-corrected chi connectivity index (χ1v) is 10.00. The molecule has 11 nitrogen and oxygen atoms in total. The second-order valence-electron chi connectivity index (χ2n) is 7.34. The zero-order valence-corrected chi connectivity index (χ0v) is 16.6. The third-order valence-electron chi connectivity index (χ3n) is 5.35. The molecule has 2 saturated heterocycles. The number of hydrogen-bond donors (Lipinski definition) is 4. The molecule has 29 heavy (non-hydrogen) atoms. The number of carbonyl (C=O) groups is 4. The Bertz CT molecular complexity index is 650. The Morgan fingerprint density at radius 3 is 2.48 bits per heavy atom. The van der Waals surface area contributed by atoms with Crippen molar-refractivity contribution in [3.63, 3.8) is 0 Å². The van der Waals surface area contributed by atoms with Gasteiger partial charge >= 0.3 is 0 Å². The van der Waals surface area contributed by atoms with E-state index in [0.29, 0.717) is 51.7 Å². The smallest absolute Gasteiger partial charge is 0.245 e. The second-order valence-corrected chi connectivity index (χ2v) is 7.34. The summed E-state index contributed by atoms with van der Waals surface area (Å²) in [6.45, 7) is 1.10. The van der Waals surface area contributed by atoms with E-state index in [1.54, 1.807) is 0 Å². The molecule has 2 fully saturated rings. The van der Waals surface area contributed by atoms with Gasteiger partial charge < -0.3 is 37.1 Å². The highest BCUT2D eigenvalue weighted by Gasteiger charge is 2.37. The predicted molar refractivity (Wildman–Crippen MR) is 106 cm³/mol. The van der Waals surface area contributed by atoms with E-state index in [9.17, 15) is 19.2 Å². The van der Waals surface area contributed by atoms with Crippen LogP contribution < -0.4 is 22.5 Å². The number of amides is 3. The van der Waals surface area contributed by atoms with E-state index in [-0.39, 0.29) is 30.2 Å². The average molecular weight is 409 g/mol. The van der Waals surface area contributed by atoms with Crippen molar-refractivity contribution >= 4 is 30.0 Å². The van der Waals surface area contributed by atoms with Crippen molar-refractivity contribution < 1.29 is 19.2 Å². The highest BCUT2D eigenvalue weighted by Crippen LogP contribution is 2.20. The number of aldehydes is 1. The van der Waals surface area contributed by atoms with Crippen LogP contribution in [0.4, 0.5) is 0 Å². The summed E-state index contributed by atoms with van der Waals surface area (Å²) >= 11 is 0. The predicted octanol–water partition coefficient (Wildman–Crippen LogP) is -2.34. The topological polar surface area (TPSA) is 177 Å². The number of nitrogens with zero attached hydrogens (tertiary/aromatic N) is 3. The molecule has 7 N–H and O–H groups in total. The summed E-state index contributed by atoms with van der Waals surface area (Å²) in [4.78, 5) is 56.0. The van der Waals surface area contributed by atoms with Gasteiger partial charge in [0.25, 0.3) is 0 Å². The van der Waals surface area contributed by atoms with Crippen molar-refractivity contribution in [2.24, 2.45) is 22.2 Å². The number of nitrogens with two attached hydrogens (primary N) is 3. The third kappa shape index (κ3) is 5.89. The number of guanidine groups is 1. The Balaban J connectivity index is 2.08. The lowest BCUT2D eigenvalue weighted by atomic mass is 10.1. The minimum Gasteiger partial charge on any atom is -0.370 e. The number of rotatable bonds is 9. The quantitative estimate of drug-likeness (QED) is 0.143. The van der Waals surface area contributed by atoms with Gasteiger partial charge in [0.15, 0.2) is 5.96 Å². The van der Waals surface area contributed by atoms with Gasteiger partial charge in [-0.05, 0) is 38.5 Å². The molecule has 3 amide bonds. The number of hydrogen-bond acceptors (Lipinski definition) is 6. The van der Waals surface area contributed by atoms with E-state index in [4.69, 9.17) is 17.2 Å². The van der Waals surface area contributed by atoms with Crippen molar-refractivity contribution in [1.82, 2.24) is 15.1 Å². The molecular weight excluding hydrogens is 378 g/mol. The normalized spacial score (nSPS) is 22.2. The Morgan fingerprint density at radius 1 is 1.14 bits per heavy atom. The minimum atomic E-state index is -0.812. The van der Waals surface area contributed by atoms with E-state index in [1.165, 1.54) is 9.80 Å². The number of aliphatic imine (C=N–C) groups is 1. The standard InChI is InChI=1S/C18H31N7O4/c19-10-15(27)25-9-3-6-14(25)16(28)23-13(5-1-7-22-18(20)21)17(29)24-8-2-4-12(24)11-26/h11-14H,1-10,19H2,(H,23,28)(H4,20,21,22)/t12-,13-,14-/m0/s1. The first-order valence-electron chi connectivity index (χ1n) is 10.00. The van der Waals surface area contributed by atoms with Crippen molar-refractivity contribution in [2.45, 2.75) is 56.7 Å². The van der Waals surface area contributed by atoms with E-state index in [1.807, 2.05) is 0 Å². The molecule has 0 spiro atoms. The van der Waals surface area contributed by atoms with Gasteiger partial charge in [-0.15, -0.1) is 0 Å². The van der Waals surface area contributed by atoms with Gasteiger partial charge in [-0.1, -0.05) is 0 Å². The molecule has 3 atom stereocenters. The average Bonchev–Trinajstić information content (AvgIpc) is 3.38. The molecule has 0 aromatic carbocycles. The fourth-order valence-corrected chi connectivity index (χ4v) is 3.89. The summed E-state index contributed by atoms with van der Waals surface area (Å²) < 4.78 is 0. The SMILES string of the molecule is NCC(=O)N1CCC[C@H]1C(=O)N[C@@H](CCCN=C(N)N)C(=O)N1CCC[C@H]1C=O. The first-order chi connectivity index (χ1) is 13.9. The van der Waals surface area contributed by atoms with Crippen molar-refractivity contribution in [1.29, 1.82) is 0 Å². The van der Waals surface area contributed by atoms with Crippen LogP contribution in [0.3, 0.4) is 0 Å². The monoisotopic (exact) mass is 409 g/mol. The Hall–Kier alpha value is -2.69. The molecule has 11 heteroatoms. The van der Waals surface area contributed by atoms with Gasteiger partial charge in [0, 0.05) is 19.6 Å². The fraction of sp³-hybridized carbons (Fsp3) is 0.722. The van der Waals surface area contributed by atoms with Gasteiger partial charge in [-0.3, -0.25) is 19.4 Å². The molecule has 2 heterocycles. The summed E-state index contributed by atoms with van der Waals surface area (Å²) in [5.74, 6) is -1.02. The molecule has 0 aromatic rings. The molecule has 2 aliphatic rings. The summed E-state index contributed by atoms with van der Waals surface area (Å²) in [6.07, 6.45) is 4.14. The van der Waals surface area contributed by atoms with Gasteiger partial charge in [0.1, 0.15) is 18.4 Å². The van der Waals surface area contributed by atoms with Crippen LogP contribution in [-0.2, 0) is 19.2 Å². The molecule has 2 aliphatic heterocycles. The molecule has 0 radical (unpaired) electrons. The van der Waals surface area contributed by atoms with E-state index in [2.05, 4.69) is 10.3 Å². The molecule has 2 rings (SSSR count). The minimum absolute atomic E-state index is 0.0423. The molecule has 0 aromatic heterocycles. The molecule has 0 saturated carbocycles. The summed E-state index contributed by atoms with van der Waals surface area (Å²) in [6, 6.07) is -1.92. The summed E-state index contributed by atoms with van der Waals surface area (Å²) in [7, 11) is 0. The molecule has 0 aliphatic carbocycles. The Kier molecular flexibility index (Phi) is 8.37. The lowest BCUT2D eigenvalue weighted by molar-refractivity contribution is -0.141. The summed E-state index contributed by atoms with van der Waals surface area (Å²) in [5, 5.41) is 2.79. The van der Waals surface area contributed by atoms with Crippen LogP contribution in [0.1, 0.15) is 38.5 Å². The van der Waals surface area contributed by atoms with Crippen LogP contribution in [0.2, 0.25) is 0 Å². The third-order valence-corrected chi connectivity index (χ3v) is 5.35. The van der Waals surface area contributed by atoms with Crippen LogP contribution in [0, 0.1) is 0 Å². The first kappa shape index (κ1) is 22.6. The van der Waals surface area contributed by atoms with Gasteiger partial charge in [-0.25, -0.2) is 0 Å². The lowest BCUT2D eigenvalue weighted by Crippen LogP contribution is -2.55. The van der Waals surface area contributed by atoms with Crippen LogP contribution in [0.5, 0.6) is 0 Å². The van der Waals surface area contributed by atoms with E-state index in [0.717, 1.165) is 12.7 Å². The highest BCUT2D eigenvalue weighted by molar-refractivity contribution is 5.93. The van der Waals surface area contributed by atoms with Crippen molar-refractivity contribution in [2.75, 3.05) is 26.2 Å². The number of carbonyl (C=O) groups excluding carboxylic acids is 4. The zero-order valence-electron chi connectivity index (χ0n) is 16.6. The fourth-order valence-electron chi connectivity index (χ4n) is 3.89. The number of nitrogens with one attached hydrogen (secondary N) is 1. The van der Waals surface area contributed by atoms with Crippen LogP contribution in [0.15, 0.2) is 4.99 Å². The van der Waals surface area contributed by atoms with Crippen LogP contribution in [-0.4, -0.2) is 84.1 Å². The largest absolute Gasteiger partial charge is 0.370 e. The Labute approximate surface area is 170 Å². The summed E-state index contributed by atoms with van der Waals surface area (Å²) in [5.41, 5.74) is 16.1. The van der Waals surface area contributed by atoms with Gasteiger partial charge in [0.2, 0.25) is 17.7 Å². The molecule has 0 bridgehead atoms. The molecule has 162 valence electrons. The van der Waals surface area contributed by atoms with Crippen LogP contribution >= 0.6 is 0 Å². The molecular formula is C18H31N7O4. The lowest BCUT2D eigenvalue weighted by Gasteiger charge is -2.29. The van der Waals surface area contributed by atoms with E-state index < -0.39 is 18.1 Å². The Morgan fingerprint density at radius 2 is 1.83 bits per heavy atom. The van der Waals surface area contributed by atoms with Crippen molar-refractivity contribution in [3.8, 4) is 0 Å². The maximum absolute atomic E-state index is 13.0. The highest BCUT2D eigenvalue weighted by atomic mass is 16.2. The van der Waals surface area contributed by atoms with E-state index >= 15 is 0 Å². The maximum Gasteiger partial charge on any atom is 0.245 e. The molecule has 0 unspecified atom stereocenters. The van der Waals surface area contributed by atoms with Gasteiger partial charge in [-0.2, -0.15) is 0 Å².